The highest BCUT2D eigenvalue weighted by molar-refractivity contribution is 6.06. The van der Waals surface area contributed by atoms with Crippen LogP contribution in [0.15, 0.2) is 48.5 Å². The summed E-state index contributed by atoms with van der Waals surface area (Å²) < 4.78 is 4.96. The third-order valence-electron chi connectivity index (χ3n) is 3.63. The zero-order chi connectivity index (χ0) is 18.9. The van der Waals surface area contributed by atoms with Gasteiger partial charge in [-0.15, -0.1) is 0 Å². The number of para-hydroxylation sites is 1. The zero-order valence-corrected chi connectivity index (χ0v) is 14.9. The van der Waals surface area contributed by atoms with Gasteiger partial charge >= 0.3 is 5.97 Å². The largest absolute Gasteiger partial charge is 0.462 e. The molecule has 0 radical (unpaired) electrons. The molecule has 0 saturated heterocycles. The number of carbonyl (C=O) groups is 3. The molecule has 0 aliphatic rings. The summed E-state index contributed by atoms with van der Waals surface area (Å²) in [7, 11) is 0. The molecule has 6 nitrogen and oxygen atoms in total. The van der Waals surface area contributed by atoms with Crippen LogP contribution in [-0.4, -0.2) is 24.4 Å². The van der Waals surface area contributed by atoms with Crippen LogP contribution in [-0.2, 0) is 20.9 Å². The lowest BCUT2D eigenvalue weighted by molar-refractivity contribution is -0.126. The van der Waals surface area contributed by atoms with Crippen LogP contribution in [0, 0.1) is 6.92 Å². The van der Waals surface area contributed by atoms with Crippen LogP contribution < -0.4 is 10.6 Å². The van der Waals surface area contributed by atoms with Crippen LogP contribution in [0.4, 0.5) is 5.69 Å². The van der Waals surface area contributed by atoms with Gasteiger partial charge in [-0.2, -0.15) is 0 Å². The third-order valence-corrected chi connectivity index (χ3v) is 3.63. The minimum atomic E-state index is -0.521. The molecule has 2 rings (SSSR count). The average molecular weight is 354 g/mol. The van der Waals surface area contributed by atoms with Gasteiger partial charge in [0.25, 0.3) is 0 Å². The second-order valence-corrected chi connectivity index (χ2v) is 5.75. The molecule has 26 heavy (non-hydrogen) atoms. The molecule has 6 heteroatoms. The predicted octanol–water partition coefficient (Wildman–Crippen LogP) is 2.82. The Labute approximate surface area is 152 Å². The number of hydrogen-bond acceptors (Lipinski definition) is 4. The van der Waals surface area contributed by atoms with Crippen LogP contribution in [0.1, 0.15) is 34.8 Å². The Bertz CT molecular complexity index is 785. The molecule has 2 N–H and O–H groups in total. The molecule has 0 aliphatic carbocycles. The fourth-order valence-corrected chi connectivity index (χ4v) is 2.29. The van der Waals surface area contributed by atoms with E-state index >= 15 is 0 Å². The molecular formula is C20H22N2O4. The van der Waals surface area contributed by atoms with Crippen LogP contribution >= 0.6 is 0 Å². The molecule has 0 unspecified atom stereocenters. The van der Waals surface area contributed by atoms with E-state index in [2.05, 4.69) is 10.6 Å². The van der Waals surface area contributed by atoms with Gasteiger partial charge in [0, 0.05) is 6.54 Å². The maximum absolute atomic E-state index is 12.1. The molecule has 0 bridgehead atoms. The van der Waals surface area contributed by atoms with Gasteiger partial charge < -0.3 is 15.4 Å². The highest BCUT2D eigenvalue weighted by Crippen LogP contribution is 2.16. The number of rotatable bonds is 7. The van der Waals surface area contributed by atoms with E-state index in [0.717, 1.165) is 11.1 Å². The summed E-state index contributed by atoms with van der Waals surface area (Å²) in [5.41, 5.74) is 2.67. The molecule has 136 valence electrons. The monoisotopic (exact) mass is 354 g/mol. The summed E-state index contributed by atoms with van der Waals surface area (Å²) in [5, 5.41) is 5.29. The van der Waals surface area contributed by atoms with Crippen molar-refractivity contribution in [3.05, 3.63) is 65.2 Å². The molecule has 0 aliphatic heterocycles. The quantitative estimate of drug-likeness (QED) is 0.591. The normalized spacial score (nSPS) is 10.1. The number of carbonyl (C=O) groups excluding carboxylic acids is 3. The predicted molar refractivity (Wildman–Crippen MR) is 98.7 cm³/mol. The van der Waals surface area contributed by atoms with Crippen molar-refractivity contribution in [3.8, 4) is 0 Å². The van der Waals surface area contributed by atoms with Crippen LogP contribution in [0.25, 0.3) is 0 Å². The molecule has 0 spiro atoms. The average Bonchev–Trinajstić information content (AvgIpc) is 2.62. The van der Waals surface area contributed by atoms with Crippen molar-refractivity contribution < 1.29 is 19.1 Å². The van der Waals surface area contributed by atoms with E-state index in [0.29, 0.717) is 12.2 Å². The number of amides is 2. The van der Waals surface area contributed by atoms with Crippen molar-refractivity contribution in [2.24, 2.45) is 0 Å². The van der Waals surface area contributed by atoms with Crippen LogP contribution in [0.3, 0.4) is 0 Å². The minimum absolute atomic E-state index is 0.239. The molecular weight excluding hydrogens is 332 g/mol. The van der Waals surface area contributed by atoms with Gasteiger partial charge in [-0.1, -0.05) is 42.0 Å². The number of esters is 1. The highest BCUT2D eigenvalue weighted by Gasteiger charge is 2.15. The second-order valence-electron chi connectivity index (χ2n) is 5.75. The summed E-state index contributed by atoms with van der Waals surface area (Å²) in [6.45, 7) is 4.28. The first-order valence-electron chi connectivity index (χ1n) is 8.38. The molecule has 0 fully saturated rings. The van der Waals surface area contributed by atoms with E-state index in [1.165, 1.54) is 0 Å². The van der Waals surface area contributed by atoms with Crippen molar-refractivity contribution in [2.45, 2.75) is 26.8 Å². The minimum Gasteiger partial charge on any atom is -0.462 e. The van der Waals surface area contributed by atoms with E-state index in [1.54, 1.807) is 31.2 Å². The van der Waals surface area contributed by atoms with Crippen molar-refractivity contribution in [2.75, 3.05) is 11.9 Å². The molecule has 0 saturated carbocycles. The lowest BCUT2D eigenvalue weighted by Crippen LogP contribution is -2.28. The van der Waals surface area contributed by atoms with Crippen molar-refractivity contribution in [1.82, 2.24) is 5.32 Å². The van der Waals surface area contributed by atoms with Crippen LogP contribution in [0.5, 0.6) is 0 Å². The third kappa shape index (κ3) is 5.73. The number of benzene rings is 2. The smallest absolute Gasteiger partial charge is 0.340 e. The van der Waals surface area contributed by atoms with Gasteiger partial charge in [-0.3, -0.25) is 9.59 Å². The van der Waals surface area contributed by atoms with E-state index in [-0.39, 0.29) is 18.6 Å². The molecule has 2 aromatic carbocycles. The zero-order valence-electron chi connectivity index (χ0n) is 14.9. The van der Waals surface area contributed by atoms with Crippen LogP contribution in [0.2, 0.25) is 0 Å². The maximum Gasteiger partial charge on any atom is 0.340 e. The van der Waals surface area contributed by atoms with E-state index in [1.807, 2.05) is 31.2 Å². The first kappa shape index (κ1) is 19.2. The standard InChI is InChI=1S/C20H22N2O4/c1-3-26-20(25)16-6-4-5-7-17(16)22-19(24)12-18(23)21-13-15-10-8-14(2)9-11-15/h4-11H,3,12-13H2,1-2H3,(H,21,23)(H,22,24). The van der Waals surface area contributed by atoms with Crippen molar-refractivity contribution in [1.29, 1.82) is 0 Å². The van der Waals surface area contributed by atoms with Gasteiger partial charge in [0.2, 0.25) is 11.8 Å². The first-order chi connectivity index (χ1) is 12.5. The maximum atomic E-state index is 12.1. The number of hydrogen-bond donors (Lipinski definition) is 2. The van der Waals surface area contributed by atoms with Crippen molar-refractivity contribution >= 4 is 23.5 Å². The Balaban J connectivity index is 1.89. The Hall–Kier alpha value is -3.15. The molecule has 0 atom stereocenters. The number of anilines is 1. The number of ether oxygens (including phenoxy) is 1. The fourth-order valence-electron chi connectivity index (χ4n) is 2.29. The van der Waals surface area contributed by atoms with E-state index in [4.69, 9.17) is 4.74 Å². The SMILES string of the molecule is CCOC(=O)c1ccccc1NC(=O)CC(=O)NCc1ccc(C)cc1. The Morgan fingerprint density at radius 3 is 2.35 bits per heavy atom. The van der Waals surface area contributed by atoms with Crippen molar-refractivity contribution in [3.63, 3.8) is 0 Å². The Morgan fingerprint density at radius 1 is 0.962 bits per heavy atom. The second kappa shape index (κ2) is 9.36. The lowest BCUT2D eigenvalue weighted by atomic mass is 10.1. The van der Waals surface area contributed by atoms with Gasteiger partial charge in [0.15, 0.2) is 0 Å². The topological polar surface area (TPSA) is 84.5 Å². The van der Waals surface area contributed by atoms with E-state index in [9.17, 15) is 14.4 Å². The van der Waals surface area contributed by atoms with Gasteiger partial charge in [-0.25, -0.2) is 4.79 Å². The Morgan fingerprint density at radius 2 is 1.65 bits per heavy atom. The summed E-state index contributed by atoms with van der Waals surface area (Å²) >= 11 is 0. The number of aryl methyl sites for hydroxylation is 1. The Kier molecular flexibility index (Phi) is 6.91. The number of nitrogens with one attached hydrogen (secondary N) is 2. The van der Waals surface area contributed by atoms with Gasteiger partial charge in [0.1, 0.15) is 6.42 Å². The molecule has 2 amide bonds. The summed E-state index contributed by atoms with van der Waals surface area (Å²) in [6.07, 6.45) is -0.330. The highest BCUT2D eigenvalue weighted by atomic mass is 16.5. The van der Waals surface area contributed by atoms with Gasteiger partial charge in [-0.05, 0) is 31.5 Å². The summed E-state index contributed by atoms with van der Waals surface area (Å²) in [4.78, 5) is 35.9. The lowest BCUT2D eigenvalue weighted by Gasteiger charge is -2.10. The fraction of sp³-hybridized carbons (Fsp3) is 0.250. The summed E-state index contributed by atoms with van der Waals surface area (Å²) in [5.74, 6) is -1.41. The van der Waals surface area contributed by atoms with Gasteiger partial charge in [0.05, 0.1) is 17.9 Å². The van der Waals surface area contributed by atoms with E-state index < -0.39 is 17.8 Å². The first-order valence-corrected chi connectivity index (χ1v) is 8.38. The molecule has 2 aromatic rings. The molecule has 0 heterocycles. The molecule has 0 aromatic heterocycles. The summed E-state index contributed by atoms with van der Waals surface area (Å²) in [6, 6.07) is 14.3.